The molecule has 1 atom stereocenters. The van der Waals surface area contributed by atoms with E-state index in [4.69, 9.17) is 0 Å². The van der Waals surface area contributed by atoms with Crippen molar-refractivity contribution in [2.24, 2.45) is 0 Å². The molecule has 2 rings (SSSR count). The number of rotatable bonds is 0. The van der Waals surface area contributed by atoms with Crippen LogP contribution in [0.3, 0.4) is 0 Å². The van der Waals surface area contributed by atoms with Gasteiger partial charge in [0, 0.05) is 12.0 Å². The molecule has 104 valence electrons. The first kappa shape index (κ1) is 36.2. The highest BCUT2D eigenvalue weighted by atomic mass is 32.2. The maximum Gasteiger partial charge on any atom is 0.230 e. The van der Waals surface area contributed by atoms with Gasteiger partial charge in [-0.2, -0.15) is 0 Å². The van der Waals surface area contributed by atoms with Crippen LogP contribution in [0.5, 0.6) is 0 Å². The second kappa shape index (κ2) is 14.3. The summed E-state index contributed by atoms with van der Waals surface area (Å²) in [5.41, 5.74) is 0. The molecular formula is C6H21NO8S. The molecule has 10 heteroatoms. The van der Waals surface area contributed by atoms with Gasteiger partial charge in [-0.25, -0.2) is 0 Å². The van der Waals surface area contributed by atoms with Crippen molar-refractivity contribution in [3.8, 4) is 0 Å². The van der Waals surface area contributed by atoms with Crippen LogP contribution in [-0.2, 0) is 4.79 Å². The number of amides is 1. The third-order valence-corrected chi connectivity index (χ3v) is 2.76. The van der Waals surface area contributed by atoms with Crippen molar-refractivity contribution >= 4 is 17.7 Å². The molecule has 2 aliphatic heterocycles. The molecule has 0 aromatic rings. The highest BCUT2D eigenvalue weighted by Crippen LogP contribution is 2.32. The van der Waals surface area contributed by atoms with Gasteiger partial charge in [0.2, 0.25) is 5.91 Å². The molecule has 0 aromatic carbocycles. The number of β-lactam (4-membered cyclic amide) rings is 1. The van der Waals surface area contributed by atoms with Gasteiger partial charge < -0.3 is 43.2 Å². The molecule has 9 nitrogen and oxygen atoms in total. The molecule has 0 bridgehead atoms. The number of hydrogen-bond acceptors (Lipinski definition) is 2. The topological polar surface area (TPSA) is 241 Å². The lowest BCUT2D eigenvalue weighted by molar-refractivity contribution is -0.137. The Morgan fingerprint density at radius 3 is 1.88 bits per heavy atom. The zero-order chi connectivity index (χ0) is 6.27. The van der Waals surface area contributed by atoms with E-state index in [0.29, 0.717) is 5.37 Å². The predicted molar refractivity (Wildman–Crippen MR) is 62.1 cm³/mol. The van der Waals surface area contributed by atoms with Crippen LogP contribution < -0.4 is 0 Å². The zero-order valence-corrected chi connectivity index (χ0v) is 9.23. The van der Waals surface area contributed by atoms with Gasteiger partial charge in [-0.1, -0.05) is 6.08 Å². The molecule has 2 aliphatic rings. The smallest absolute Gasteiger partial charge is 0.230 e. The number of hydrogen-bond donors (Lipinski definition) is 0. The van der Waals surface area contributed by atoms with Crippen LogP contribution in [0.1, 0.15) is 6.42 Å². The fourth-order valence-electron chi connectivity index (χ4n) is 1.04. The number of thioether (sulfide) groups is 1. The Hall–Kier alpha value is -0.720. The Morgan fingerprint density at radius 1 is 1.06 bits per heavy atom. The molecule has 0 unspecified atom stereocenters. The molecule has 16 heavy (non-hydrogen) atoms. The Balaban J connectivity index is -0.0000000357. The normalized spacial score (nSPS) is 17.9. The van der Waals surface area contributed by atoms with Crippen molar-refractivity contribution in [1.82, 2.24) is 4.90 Å². The Kier molecular flexibility index (Phi) is 32.3. The standard InChI is InChI=1S/C6H7NOS.7H2O/c8-5-4-6-7(5)2-1-3-9-6;;;;;;;/h1-2,6H,3-4H2;7*1H2/t6-;;;;;;;/m0......./s1. The summed E-state index contributed by atoms with van der Waals surface area (Å²) in [6.07, 6.45) is 4.67. The van der Waals surface area contributed by atoms with Crippen molar-refractivity contribution in [3.05, 3.63) is 12.3 Å². The minimum Gasteiger partial charge on any atom is -0.412 e. The molecule has 1 fully saturated rings. The minimum absolute atomic E-state index is 0. The molecular weight excluding hydrogens is 246 g/mol. The summed E-state index contributed by atoms with van der Waals surface area (Å²) >= 11 is 1.84. The van der Waals surface area contributed by atoms with Gasteiger partial charge in [0.25, 0.3) is 0 Å². The third kappa shape index (κ3) is 5.99. The van der Waals surface area contributed by atoms with Crippen LogP contribution in [0, 0.1) is 0 Å². The molecule has 0 radical (unpaired) electrons. The number of carbonyl (C=O) groups is 1. The first-order valence-electron chi connectivity index (χ1n) is 2.97. The average Bonchev–Trinajstić information content (AvgIpc) is 1.86. The molecule has 0 aromatic heterocycles. The SMILES string of the molecule is O.O.O.O.O.O.O.O=C1C[C@@H]2SCC=CN12. The fourth-order valence-corrected chi connectivity index (χ4v) is 2.07. The molecule has 0 saturated carbocycles. The van der Waals surface area contributed by atoms with Gasteiger partial charge in [-0.3, -0.25) is 4.79 Å². The average molecular weight is 267 g/mol. The van der Waals surface area contributed by atoms with Crippen LogP contribution in [-0.4, -0.2) is 60.3 Å². The first-order valence-corrected chi connectivity index (χ1v) is 4.02. The van der Waals surface area contributed by atoms with Crippen LogP contribution in [0.4, 0.5) is 0 Å². The lowest BCUT2D eigenvalue weighted by Gasteiger charge is -2.39. The van der Waals surface area contributed by atoms with Crippen molar-refractivity contribution in [3.63, 3.8) is 0 Å². The predicted octanol–water partition coefficient (Wildman–Crippen LogP) is -4.97. The largest absolute Gasteiger partial charge is 0.412 e. The summed E-state index contributed by atoms with van der Waals surface area (Å²) in [6, 6.07) is 0. The van der Waals surface area contributed by atoms with Gasteiger partial charge in [0.1, 0.15) is 0 Å². The quantitative estimate of drug-likeness (QED) is 0.391. The van der Waals surface area contributed by atoms with E-state index in [1.54, 1.807) is 4.90 Å². The lowest BCUT2D eigenvalue weighted by atomic mass is 10.2. The Bertz CT molecular complexity index is 189. The highest BCUT2D eigenvalue weighted by Gasteiger charge is 2.35. The maximum absolute atomic E-state index is 10.7. The second-order valence-corrected chi connectivity index (χ2v) is 3.39. The summed E-state index contributed by atoms with van der Waals surface area (Å²) in [5, 5.41) is 0.475. The summed E-state index contributed by atoms with van der Waals surface area (Å²) in [4.78, 5) is 12.5. The van der Waals surface area contributed by atoms with E-state index >= 15 is 0 Å². The van der Waals surface area contributed by atoms with Crippen molar-refractivity contribution in [2.75, 3.05) is 5.75 Å². The number of nitrogens with zero attached hydrogens (tertiary/aromatic N) is 1. The fraction of sp³-hybridized carbons (Fsp3) is 0.500. The van der Waals surface area contributed by atoms with E-state index in [1.165, 1.54) is 0 Å². The van der Waals surface area contributed by atoms with Crippen LogP contribution in [0.25, 0.3) is 0 Å². The van der Waals surface area contributed by atoms with Crippen molar-refractivity contribution < 1.29 is 43.1 Å². The Labute approximate surface area is 96.3 Å². The lowest BCUT2D eigenvalue weighted by Crippen LogP contribution is -2.48. The molecule has 0 spiro atoms. The van der Waals surface area contributed by atoms with E-state index in [-0.39, 0.29) is 44.2 Å². The zero-order valence-electron chi connectivity index (χ0n) is 8.41. The molecule has 0 aliphatic carbocycles. The van der Waals surface area contributed by atoms with Crippen molar-refractivity contribution in [1.29, 1.82) is 0 Å². The second-order valence-electron chi connectivity index (χ2n) is 2.18. The summed E-state index contributed by atoms with van der Waals surface area (Å²) in [5.74, 6) is 1.33. The summed E-state index contributed by atoms with van der Waals surface area (Å²) in [6.45, 7) is 0. The summed E-state index contributed by atoms with van der Waals surface area (Å²) in [7, 11) is 0. The van der Waals surface area contributed by atoms with Crippen molar-refractivity contribution in [2.45, 2.75) is 11.8 Å². The van der Waals surface area contributed by atoms with Gasteiger partial charge in [0.05, 0.1) is 11.8 Å². The molecule has 14 N–H and O–H groups in total. The molecule has 1 saturated heterocycles. The number of carbonyl (C=O) groups excluding carboxylic acids is 1. The molecule has 1 amide bonds. The van der Waals surface area contributed by atoms with Gasteiger partial charge in [0.15, 0.2) is 0 Å². The van der Waals surface area contributed by atoms with Crippen LogP contribution in [0.15, 0.2) is 12.3 Å². The van der Waals surface area contributed by atoms with Crippen LogP contribution in [0.2, 0.25) is 0 Å². The number of fused-ring (bicyclic) bond motifs is 1. The van der Waals surface area contributed by atoms with E-state index < -0.39 is 0 Å². The van der Waals surface area contributed by atoms with E-state index in [1.807, 2.05) is 24.0 Å². The van der Waals surface area contributed by atoms with Gasteiger partial charge in [-0.05, 0) is 0 Å². The molecule has 2 heterocycles. The first-order chi connectivity index (χ1) is 4.38. The van der Waals surface area contributed by atoms with E-state index in [9.17, 15) is 4.79 Å². The Morgan fingerprint density at radius 2 is 1.56 bits per heavy atom. The minimum atomic E-state index is 0. The van der Waals surface area contributed by atoms with E-state index in [2.05, 4.69) is 0 Å². The van der Waals surface area contributed by atoms with Gasteiger partial charge in [-0.15, -0.1) is 11.8 Å². The van der Waals surface area contributed by atoms with E-state index in [0.717, 1.165) is 12.2 Å². The maximum atomic E-state index is 10.7. The third-order valence-electron chi connectivity index (χ3n) is 1.60. The van der Waals surface area contributed by atoms with Gasteiger partial charge >= 0.3 is 0 Å². The highest BCUT2D eigenvalue weighted by molar-refractivity contribution is 8.00. The monoisotopic (exact) mass is 267 g/mol. The summed E-state index contributed by atoms with van der Waals surface area (Å²) < 4.78 is 0. The van der Waals surface area contributed by atoms with Crippen LogP contribution >= 0.6 is 11.8 Å².